The van der Waals surface area contributed by atoms with E-state index in [0.29, 0.717) is 24.0 Å². The molecule has 0 aliphatic heterocycles. The van der Waals surface area contributed by atoms with Crippen molar-refractivity contribution in [3.63, 3.8) is 0 Å². The van der Waals surface area contributed by atoms with Gasteiger partial charge in [0.15, 0.2) is 0 Å². The van der Waals surface area contributed by atoms with E-state index in [1.807, 2.05) is 18.2 Å². The number of pyridine rings is 2. The number of rotatable bonds is 5. The monoisotopic (exact) mass is 325 g/mol. The summed E-state index contributed by atoms with van der Waals surface area (Å²) >= 11 is 0. The van der Waals surface area contributed by atoms with Crippen LogP contribution in [0.5, 0.6) is 0 Å². The summed E-state index contributed by atoms with van der Waals surface area (Å²) < 4.78 is 13.2. The highest BCUT2D eigenvalue weighted by atomic mass is 19.1. The van der Waals surface area contributed by atoms with Crippen LogP contribution in [0.2, 0.25) is 0 Å². The lowest BCUT2D eigenvalue weighted by Crippen LogP contribution is -2.24. The minimum atomic E-state index is -0.403. The molecule has 3 aromatic rings. The van der Waals surface area contributed by atoms with Crippen molar-refractivity contribution >= 4 is 16.8 Å². The second-order valence-electron chi connectivity index (χ2n) is 5.45. The number of hydrogen-bond donors (Lipinski definition) is 2. The zero-order chi connectivity index (χ0) is 16.9. The quantitative estimate of drug-likeness (QED) is 0.756. The Hall–Kier alpha value is -3.02. The van der Waals surface area contributed by atoms with E-state index >= 15 is 0 Å². The third-order valence-corrected chi connectivity index (χ3v) is 3.70. The highest BCUT2D eigenvalue weighted by molar-refractivity contribution is 5.79. The van der Waals surface area contributed by atoms with Crippen LogP contribution in [0.1, 0.15) is 17.7 Å². The predicted octanol–water partition coefficient (Wildman–Crippen LogP) is 2.31. The summed E-state index contributed by atoms with van der Waals surface area (Å²) in [6.45, 7) is 0.354. The molecule has 0 atom stereocenters. The van der Waals surface area contributed by atoms with Crippen LogP contribution in [0.15, 0.2) is 53.5 Å². The van der Waals surface area contributed by atoms with E-state index in [1.54, 1.807) is 18.3 Å². The average molecular weight is 325 g/mol. The van der Waals surface area contributed by atoms with Crippen molar-refractivity contribution in [1.29, 1.82) is 0 Å². The summed E-state index contributed by atoms with van der Waals surface area (Å²) in [4.78, 5) is 30.7. The highest BCUT2D eigenvalue weighted by Crippen LogP contribution is 2.13. The number of aromatic amines is 1. The van der Waals surface area contributed by atoms with Gasteiger partial charge in [-0.15, -0.1) is 0 Å². The topological polar surface area (TPSA) is 74.8 Å². The molecular formula is C18H16FN3O2. The van der Waals surface area contributed by atoms with Crippen molar-refractivity contribution in [2.45, 2.75) is 19.4 Å². The van der Waals surface area contributed by atoms with Gasteiger partial charge in [0.2, 0.25) is 5.91 Å². The minimum Gasteiger partial charge on any atom is -0.350 e. The fourth-order valence-electron chi connectivity index (χ4n) is 2.43. The van der Waals surface area contributed by atoms with E-state index < -0.39 is 5.82 Å². The molecule has 6 heteroatoms. The van der Waals surface area contributed by atoms with Crippen LogP contribution in [-0.2, 0) is 17.8 Å². The summed E-state index contributed by atoms with van der Waals surface area (Å²) in [6.07, 6.45) is 2.18. The van der Waals surface area contributed by atoms with Crippen molar-refractivity contribution in [3.8, 4) is 0 Å². The van der Waals surface area contributed by atoms with Crippen LogP contribution in [0.3, 0.4) is 0 Å². The largest absolute Gasteiger partial charge is 0.350 e. The van der Waals surface area contributed by atoms with E-state index in [0.717, 1.165) is 11.1 Å². The summed E-state index contributed by atoms with van der Waals surface area (Å²) in [5.41, 5.74) is 1.42. The molecule has 0 aliphatic carbocycles. The van der Waals surface area contributed by atoms with Gasteiger partial charge >= 0.3 is 0 Å². The highest BCUT2D eigenvalue weighted by Gasteiger charge is 2.07. The smallest absolute Gasteiger partial charge is 0.251 e. The first-order valence-electron chi connectivity index (χ1n) is 7.60. The molecule has 2 aromatic heterocycles. The molecule has 0 saturated heterocycles. The number of nitrogens with one attached hydrogen (secondary N) is 2. The lowest BCUT2D eigenvalue weighted by atomic mass is 10.1. The van der Waals surface area contributed by atoms with E-state index in [2.05, 4.69) is 15.3 Å². The number of fused-ring (bicyclic) bond motifs is 1. The fourth-order valence-corrected chi connectivity index (χ4v) is 2.43. The molecule has 1 aromatic carbocycles. The molecule has 0 radical (unpaired) electrons. The van der Waals surface area contributed by atoms with Crippen LogP contribution in [0.4, 0.5) is 4.39 Å². The molecule has 3 rings (SSSR count). The van der Waals surface area contributed by atoms with E-state index in [9.17, 15) is 14.0 Å². The van der Waals surface area contributed by atoms with Gasteiger partial charge in [-0.05, 0) is 48.2 Å². The Morgan fingerprint density at radius 2 is 2.08 bits per heavy atom. The predicted molar refractivity (Wildman–Crippen MR) is 88.9 cm³/mol. The fraction of sp³-hybridized carbons (Fsp3) is 0.167. The van der Waals surface area contributed by atoms with Gasteiger partial charge < -0.3 is 10.3 Å². The molecule has 0 fully saturated rings. The Kier molecular flexibility index (Phi) is 4.65. The van der Waals surface area contributed by atoms with Gasteiger partial charge in [0.25, 0.3) is 5.56 Å². The third kappa shape index (κ3) is 3.84. The normalized spacial score (nSPS) is 10.7. The molecule has 122 valence electrons. The number of aromatic nitrogens is 2. The van der Waals surface area contributed by atoms with Crippen LogP contribution in [0, 0.1) is 5.82 Å². The van der Waals surface area contributed by atoms with Crippen LogP contribution >= 0.6 is 0 Å². The Morgan fingerprint density at radius 3 is 2.88 bits per heavy atom. The molecule has 0 saturated carbocycles. The summed E-state index contributed by atoms with van der Waals surface area (Å²) in [5.74, 6) is -0.556. The molecule has 0 unspecified atom stereocenters. The van der Waals surface area contributed by atoms with E-state index in [4.69, 9.17) is 0 Å². The number of amides is 1. The van der Waals surface area contributed by atoms with Crippen molar-refractivity contribution < 1.29 is 9.18 Å². The summed E-state index contributed by atoms with van der Waals surface area (Å²) in [7, 11) is 0. The number of benzene rings is 1. The summed E-state index contributed by atoms with van der Waals surface area (Å²) in [6, 6.07) is 11.4. The SMILES string of the molecule is O=C(CCc1cc2ccc(F)cc2[nH]c1=O)NCc1ccccn1. The number of carbonyl (C=O) groups excluding carboxylic acids is 1. The first kappa shape index (κ1) is 15.9. The lowest BCUT2D eigenvalue weighted by Gasteiger charge is -2.06. The van der Waals surface area contributed by atoms with Gasteiger partial charge in [-0.1, -0.05) is 6.07 Å². The zero-order valence-corrected chi connectivity index (χ0v) is 12.9. The maximum atomic E-state index is 13.2. The third-order valence-electron chi connectivity index (χ3n) is 3.70. The second kappa shape index (κ2) is 7.04. The molecule has 24 heavy (non-hydrogen) atoms. The Labute approximate surface area is 137 Å². The molecule has 0 spiro atoms. The Morgan fingerprint density at radius 1 is 1.21 bits per heavy atom. The standard InChI is InChI=1S/C18H16FN3O2/c19-14-6-4-12-9-13(18(24)22-16(12)10-14)5-7-17(23)21-11-15-3-1-2-8-20-15/h1-4,6,8-10H,5,7,11H2,(H,21,23)(H,22,24). The molecule has 0 aliphatic rings. The van der Waals surface area contributed by atoms with Gasteiger partial charge in [-0.25, -0.2) is 4.39 Å². The van der Waals surface area contributed by atoms with Crippen LogP contribution < -0.4 is 10.9 Å². The maximum absolute atomic E-state index is 13.2. The molecule has 2 N–H and O–H groups in total. The van der Waals surface area contributed by atoms with Gasteiger partial charge in [-0.3, -0.25) is 14.6 Å². The van der Waals surface area contributed by atoms with E-state index in [1.165, 1.54) is 12.1 Å². The zero-order valence-electron chi connectivity index (χ0n) is 12.9. The Balaban J connectivity index is 1.62. The van der Waals surface area contributed by atoms with Gasteiger partial charge in [0.1, 0.15) is 5.82 Å². The van der Waals surface area contributed by atoms with Gasteiger partial charge in [0.05, 0.1) is 17.8 Å². The number of hydrogen-bond acceptors (Lipinski definition) is 3. The number of halogens is 1. The first-order valence-corrected chi connectivity index (χ1v) is 7.60. The number of nitrogens with zero attached hydrogens (tertiary/aromatic N) is 1. The molecule has 5 nitrogen and oxygen atoms in total. The lowest BCUT2D eigenvalue weighted by molar-refractivity contribution is -0.121. The van der Waals surface area contributed by atoms with E-state index in [-0.39, 0.29) is 17.9 Å². The maximum Gasteiger partial charge on any atom is 0.251 e. The molecule has 0 bridgehead atoms. The van der Waals surface area contributed by atoms with Crippen LogP contribution in [0.25, 0.3) is 10.9 Å². The van der Waals surface area contributed by atoms with Gasteiger partial charge in [-0.2, -0.15) is 0 Å². The summed E-state index contributed by atoms with van der Waals surface area (Å²) in [5, 5.41) is 3.51. The minimum absolute atomic E-state index is 0.153. The van der Waals surface area contributed by atoms with Crippen molar-refractivity contribution in [3.05, 3.63) is 76.1 Å². The average Bonchev–Trinajstić information content (AvgIpc) is 2.59. The van der Waals surface area contributed by atoms with Crippen molar-refractivity contribution in [2.24, 2.45) is 0 Å². The molecule has 1 amide bonds. The van der Waals surface area contributed by atoms with Crippen molar-refractivity contribution in [1.82, 2.24) is 15.3 Å². The molecular weight excluding hydrogens is 309 g/mol. The first-order chi connectivity index (χ1) is 11.6. The van der Waals surface area contributed by atoms with Crippen molar-refractivity contribution in [2.75, 3.05) is 0 Å². The molecule has 2 heterocycles. The Bertz CT molecular complexity index is 922. The number of carbonyl (C=O) groups is 1. The van der Waals surface area contributed by atoms with Gasteiger partial charge in [0, 0.05) is 18.2 Å². The number of H-pyrrole nitrogens is 1. The number of aryl methyl sites for hydroxylation is 1. The second-order valence-corrected chi connectivity index (χ2v) is 5.45. The van der Waals surface area contributed by atoms with Crippen LogP contribution in [-0.4, -0.2) is 15.9 Å².